The quantitative estimate of drug-likeness (QED) is 0.868. The number of aromatic nitrogens is 2. The number of thioether (sulfide) groups is 1. The second-order valence-corrected chi connectivity index (χ2v) is 5.89. The molecule has 1 aliphatic rings. The van der Waals surface area contributed by atoms with Crippen molar-refractivity contribution in [2.75, 3.05) is 17.6 Å². The lowest BCUT2D eigenvalue weighted by Gasteiger charge is -2.09. The van der Waals surface area contributed by atoms with Crippen molar-refractivity contribution in [3.8, 4) is 0 Å². The Balaban J connectivity index is 1.82. The summed E-state index contributed by atoms with van der Waals surface area (Å²) in [5.74, 6) is 2.05. The van der Waals surface area contributed by atoms with E-state index >= 15 is 0 Å². The largest absolute Gasteiger partial charge is 0.353 e. The molecule has 1 unspecified atom stereocenters. The topological polar surface area (TPSA) is 37.8 Å². The zero-order chi connectivity index (χ0) is 9.80. The molecule has 1 fully saturated rings. The Kier molecular flexibility index (Phi) is 3.86. The first kappa shape index (κ1) is 10.5. The molecule has 0 bridgehead atoms. The highest BCUT2D eigenvalue weighted by atomic mass is 127. The van der Waals surface area contributed by atoms with Gasteiger partial charge in [0.2, 0.25) is 5.95 Å². The maximum absolute atomic E-state index is 4.20. The lowest BCUT2D eigenvalue weighted by Crippen LogP contribution is -2.15. The summed E-state index contributed by atoms with van der Waals surface area (Å²) < 4.78 is 1.07. The molecular formula is C9H12IN3S. The summed E-state index contributed by atoms with van der Waals surface area (Å²) in [5, 5.41) is 4.02. The third-order valence-electron chi connectivity index (χ3n) is 2.13. The van der Waals surface area contributed by atoms with Crippen molar-refractivity contribution in [2.45, 2.75) is 18.1 Å². The molecule has 1 N–H and O–H groups in total. The van der Waals surface area contributed by atoms with Gasteiger partial charge in [0.15, 0.2) is 0 Å². The normalized spacial score (nSPS) is 21.1. The van der Waals surface area contributed by atoms with Crippen molar-refractivity contribution in [2.24, 2.45) is 0 Å². The van der Waals surface area contributed by atoms with Crippen LogP contribution in [0.2, 0.25) is 0 Å². The molecule has 1 atom stereocenters. The van der Waals surface area contributed by atoms with Crippen LogP contribution in [-0.4, -0.2) is 27.5 Å². The van der Waals surface area contributed by atoms with Crippen LogP contribution in [-0.2, 0) is 0 Å². The number of nitrogens with one attached hydrogen (secondary N) is 1. The van der Waals surface area contributed by atoms with Crippen molar-refractivity contribution >= 4 is 40.3 Å². The van der Waals surface area contributed by atoms with Crippen LogP contribution in [0.15, 0.2) is 12.4 Å². The van der Waals surface area contributed by atoms with E-state index in [2.05, 4.69) is 37.9 Å². The zero-order valence-electron chi connectivity index (χ0n) is 7.74. The Hall–Kier alpha value is -0.0400. The molecule has 14 heavy (non-hydrogen) atoms. The molecule has 76 valence electrons. The highest BCUT2D eigenvalue weighted by molar-refractivity contribution is 14.1. The van der Waals surface area contributed by atoms with E-state index < -0.39 is 0 Å². The second kappa shape index (κ2) is 5.16. The summed E-state index contributed by atoms with van der Waals surface area (Å²) >= 11 is 4.25. The van der Waals surface area contributed by atoms with Gasteiger partial charge in [-0.3, -0.25) is 0 Å². The average Bonchev–Trinajstić information content (AvgIpc) is 2.70. The van der Waals surface area contributed by atoms with E-state index in [-0.39, 0.29) is 0 Å². The number of hydrogen-bond acceptors (Lipinski definition) is 4. The maximum atomic E-state index is 4.20. The number of rotatable bonds is 3. The summed E-state index contributed by atoms with van der Waals surface area (Å²) in [6.07, 6.45) is 6.34. The molecular weight excluding hydrogens is 309 g/mol. The van der Waals surface area contributed by atoms with Gasteiger partial charge in [-0.25, -0.2) is 9.97 Å². The van der Waals surface area contributed by atoms with Crippen molar-refractivity contribution in [3.05, 3.63) is 16.0 Å². The number of nitrogens with zero attached hydrogens (tertiary/aromatic N) is 2. The molecule has 1 saturated heterocycles. The highest BCUT2D eigenvalue weighted by Gasteiger charge is 2.15. The van der Waals surface area contributed by atoms with Gasteiger partial charge in [-0.2, -0.15) is 11.8 Å². The van der Waals surface area contributed by atoms with E-state index in [0.717, 1.165) is 21.3 Å². The van der Waals surface area contributed by atoms with Gasteiger partial charge in [-0.1, -0.05) is 0 Å². The van der Waals surface area contributed by atoms with Crippen molar-refractivity contribution < 1.29 is 0 Å². The monoisotopic (exact) mass is 321 g/mol. The molecule has 0 aliphatic carbocycles. The van der Waals surface area contributed by atoms with Crippen molar-refractivity contribution in [3.63, 3.8) is 0 Å². The SMILES string of the molecule is Ic1cnc(NCC2CCCS2)nc1. The smallest absolute Gasteiger partial charge is 0.222 e. The molecule has 1 aliphatic heterocycles. The first-order valence-electron chi connectivity index (χ1n) is 4.67. The van der Waals surface area contributed by atoms with Gasteiger partial charge in [0.25, 0.3) is 0 Å². The van der Waals surface area contributed by atoms with Crippen molar-refractivity contribution in [1.29, 1.82) is 0 Å². The summed E-state index contributed by atoms with van der Waals surface area (Å²) in [4.78, 5) is 8.40. The summed E-state index contributed by atoms with van der Waals surface area (Å²) in [6, 6.07) is 0. The van der Waals surface area contributed by atoms with Crippen LogP contribution in [0.3, 0.4) is 0 Å². The molecule has 0 radical (unpaired) electrons. The van der Waals surface area contributed by atoms with E-state index in [4.69, 9.17) is 0 Å². The number of anilines is 1. The third kappa shape index (κ3) is 2.98. The minimum absolute atomic E-state index is 0.748. The first-order valence-corrected chi connectivity index (χ1v) is 6.80. The van der Waals surface area contributed by atoms with Crippen LogP contribution >= 0.6 is 34.4 Å². The molecule has 0 aromatic carbocycles. The standard InChI is InChI=1S/C9H12IN3S/c10-7-4-11-9(12-5-7)13-6-8-2-1-3-14-8/h4-5,8H,1-3,6H2,(H,11,12,13). The second-order valence-electron chi connectivity index (χ2n) is 3.24. The highest BCUT2D eigenvalue weighted by Crippen LogP contribution is 2.25. The molecule has 2 heterocycles. The fraction of sp³-hybridized carbons (Fsp3) is 0.556. The van der Waals surface area contributed by atoms with E-state index in [0.29, 0.717) is 0 Å². The summed E-state index contributed by atoms with van der Waals surface area (Å²) in [5.41, 5.74) is 0. The predicted molar refractivity (Wildman–Crippen MR) is 68.7 cm³/mol. The molecule has 1 aromatic rings. The van der Waals surface area contributed by atoms with E-state index in [1.807, 2.05) is 24.2 Å². The fourth-order valence-corrected chi connectivity index (χ4v) is 2.89. The molecule has 5 heteroatoms. The molecule has 3 nitrogen and oxygen atoms in total. The summed E-state index contributed by atoms with van der Waals surface area (Å²) in [6.45, 7) is 0.991. The minimum Gasteiger partial charge on any atom is -0.353 e. The Morgan fingerprint density at radius 3 is 2.93 bits per heavy atom. The Labute approximate surface area is 102 Å². The van der Waals surface area contributed by atoms with Crippen LogP contribution in [0.5, 0.6) is 0 Å². The Morgan fingerprint density at radius 2 is 2.29 bits per heavy atom. The zero-order valence-corrected chi connectivity index (χ0v) is 10.7. The van der Waals surface area contributed by atoms with Gasteiger partial charge in [-0.15, -0.1) is 0 Å². The lowest BCUT2D eigenvalue weighted by atomic mass is 10.2. The first-order chi connectivity index (χ1) is 6.84. The minimum atomic E-state index is 0.748. The van der Waals surface area contributed by atoms with Crippen molar-refractivity contribution in [1.82, 2.24) is 9.97 Å². The fourth-order valence-electron chi connectivity index (χ4n) is 1.41. The number of halogens is 1. The van der Waals surface area contributed by atoms with Gasteiger partial charge < -0.3 is 5.32 Å². The van der Waals surface area contributed by atoms with Gasteiger partial charge in [0.1, 0.15) is 0 Å². The van der Waals surface area contributed by atoms with Crippen LogP contribution in [0.1, 0.15) is 12.8 Å². The average molecular weight is 321 g/mol. The molecule has 2 rings (SSSR count). The maximum Gasteiger partial charge on any atom is 0.222 e. The summed E-state index contributed by atoms with van der Waals surface area (Å²) in [7, 11) is 0. The van der Waals surface area contributed by atoms with Gasteiger partial charge in [-0.05, 0) is 41.2 Å². The van der Waals surface area contributed by atoms with Crippen LogP contribution in [0.25, 0.3) is 0 Å². The molecule has 1 aromatic heterocycles. The van der Waals surface area contributed by atoms with Gasteiger partial charge in [0, 0.05) is 27.8 Å². The van der Waals surface area contributed by atoms with E-state index in [1.165, 1.54) is 18.6 Å². The van der Waals surface area contributed by atoms with E-state index in [1.54, 1.807) is 0 Å². The number of hydrogen-bond donors (Lipinski definition) is 1. The van der Waals surface area contributed by atoms with Crippen LogP contribution in [0, 0.1) is 3.57 Å². The molecule has 0 spiro atoms. The van der Waals surface area contributed by atoms with Gasteiger partial charge >= 0.3 is 0 Å². The predicted octanol–water partition coefficient (Wildman–Crippen LogP) is 2.39. The molecule has 0 saturated carbocycles. The third-order valence-corrected chi connectivity index (χ3v) is 4.09. The van der Waals surface area contributed by atoms with Crippen LogP contribution in [0.4, 0.5) is 5.95 Å². The Bertz CT molecular complexity index is 285. The van der Waals surface area contributed by atoms with E-state index in [9.17, 15) is 0 Å². The van der Waals surface area contributed by atoms with Crippen LogP contribution < -0.4 is 5.32 Å². The lowest BCUT2D eigenvalue weighted by molar-refractivity contribution is 0.800. The molecule has 0 amide bonds. The van der Waals surface area contributed by atoms with Gasteiger partial charge in [0.05, 0.1) is 0 Å². The Morgan fingerprint density at radius 1 is 1.50 bits per heavy atom.